The fourth-order valence-electron chi connectivity index (χ4n) is 4.71. The summed E-state index contributed by atoms with van der Waals surface area (Å²) in [6.45, 7) is -2.21. The van der Waals surface area contributed by atoms with Crippen molar-refractivity contribution in [1.29, 1.82) is 0 Å². The molecule has 1 spiro atoms. The number of hydrogen-bond acceptors (Lipinski definition) is 6. The minimum absolute atomic E-state index is 0.00625. The lowest BCUT2D eigenvalue weighted by Crippen LogP contribution is -2.49. The first-order valence-corrected chi connectivity index (χ1v) is 13.3. The lowest BCUT2D eigenvalue weighted by Gasteiger charge is -2.35. The van der Waals surface area contributed by atoms with Crippen LogP contribution in [0.25, 0.3) is 0 Å². The first-order chi connectivity index (χ1) is 17.4. The Morgan fingerprint density at radius 3 is 2.55 bits per heavy atom. The summed E-state index contributed by atoms with van der Waals surface area (Å²) in [6, 6.07) is 4.29. The molecule has 1 aromatic heterocycles. The smallest absolute Gasteiger partial charge is 0.422 e. The molecule has 0 radical (unpaired) electrons. The second-order valence-electron chi connectivity index (χ2n) is 9.31. The van der Waals surface area contributed by atoms with Gasteiger partial charge in [0.2, 0.25) is 5.91 Å². The van der Waals surface area contributed by atoms with Gasteiger partial charge in [0.1, 0.15) is 22.9 Å². The molecule has 1 aromatic carbocycles. The topological polar surface area (TPSA) is 119 Å². The van der Waals surface area contributed by atoms with Crippen LogP contribution in [0.4, 0.5) is 32.2 Å². The molecule has 1 atom stereocenters. The minimum Gasteiger partial charge on any atom is -0.484 e. The van der Waals surface area contributed by atoms with Gasteiger partial charge in [-0.15, -0.1) is 0 Å². The zero-order chi connectivity index (χ0) is 28.1. The number of benzene rings is 1. The van der Waals surface area contributed by atoms with Gasteiger partial charge in [-0.2, -0.15) is 31.4 Å². The average Bonchev–Trinajstić information content (AvgIpc) is 3.26. The Labute approximate surface area is 212 Å². The lowest BCUT2D eigenvalue weighted by molar-refractivity contribution is -0.153. The number of nitrogens with one attached hydrogen (secondary N) is 2. The summed E-state index contributed by atoms with van der Waals surface area (Å²) < 4.78 is 105. The van der Waals surface area contributed by atoms with E-state index in [1.807, 2.05) is 0 Å². The van der Waals surface area contributed by atoms with Crippen LogP contribution >= 0.6 is 0 Å². The number of carbonyl (C=O) groups is 2. The quantitative estimate of drug-likeness (QED) is 0.496. The zero-order valence-corrected chi connectivity index (χ0v) is 20.6. The Morgan fingerprint density at radius 1 is 1.21 bits per heavy atom. The van der Waals surface area contributed by atoms with Crippen molar-refractivity contribution in [3.63, 3.8) is 0 Å². The Morgan fingerprint density at radius 2 is 1.92 bits per heavy atom. The number of fused-ring (bicyclic) bond motifs is 3. The number of halogens is 6. The molecule has 38 heavy (non-hydrogen) atoms. The number of anilines is 1. The van der Waals surface area contributed by atoms with E-state index in [2.05, 4.69) is 15.7 Å². The molecule has 1 aliphatic carbocycles. The molecular formula is C22H22F6N4O5S. The van der Waals surface area contributed by atoms with Gasteiger partial charge >= 0.3 is 12.4 Å². The van der Waals surface area contributed by atoms with Crippen LogP contribution in [0.1, 0.15) is 40.0 Å². The predicted molar refractivity (Wildman–Crippen MR) is 120 cm³/mol. The number of hydrogen-bond donors (Lipinski definition) is 2. The van der Waals surface area contributed by atoms with E-state index in [1.165, 1.54) is 18.2 Å². The average molecular weight is 568 g/mol. The summed E-state index contributed by atoms with van der Waals surface area (Å²) in [7, 11) is -3.77. The lowest BCUT2D eigenvalue weighted by atomic mass is 9.82. The maximum Gasteiger partial charge on any atom is 0.422 e. The number of aromatic nitrogens is 2. The predicted octanol–water partition coefficient (Wildman–Crippen LogP) is 2.89. The van der Waals surface area contributed by atoms with Crippen molar-refractivity contribution in [2.75, 3.05) is 23.9 Å². The maximum atomic E-state index is 13.2. The summed E-state index contributed by atoms with van der Waals surface area (Å²) in [4.78, 5) is 25.5. The van der Waals surface area contributed by atoms with Crippen molar-refractivity contribution in [2.24, 2.45) is 0 Å². The molecule has 0 fully saturated rings. The standard InChI is InChI=1S/C22H22F6N4O5S/c1-38(35,36)10-16(33)29-18-17-15(31-32(18)7-6-21(23,24)25)9-20(30-19(17)34)5-4-12-8-13(2-3-14(12)20)37-11-22(26,27)28/h2-3,8H,4-7,9-11H2,1H3,(H,29,33)(H,30,34)/t20-/m0/s1. The molecule has 4 rings (SSSR count). The van der Waals surface area contributed by atoms with E-state index in [4.69, 9.17) is 4.74 Å². The van der Waals surface area contributed by atoms with Gasteiger partial charge < -0.3 is 15.4 Å². The molecule has 2 aliphatic rings. The SMILES string of the molecule is CS(=O)(=O)CC(=O)Nc1c2c(nn1CCC(F)(F)F)C[C@]1(CCc3cc(OCC(F)(F)F)ccc31)NC2=O. The summed E-state index contributed by atoms with van der Waals surface area (Å²) >= 11 is 0. The zero-order valence-electron chi connectivity index (χ0n) is 19.8. The van der Waals surface area contributed by atoms with Gasteiger partial charge in [0.05, 0.1) is 24.2 Å². The minimum atomic E-state index is -4.57. The van der Waals surface area contributed by atoms with Gasteiger partial charge in [-0.05, 0) is 36.1 Å². The molecule has 2 N–H and O–H groups in total. The van der Waals surface area contributed by atoms with Crippen LogP contribution in [-0.4, -0.2) is 61.0 Å². The third kappa shape index (κ3) is 6.22. The maximum absolute atomic E-state index is 13.2. The van der Waals surface area contributed by atoms with Crippen molar-refractivity contribution >= 4 is 27.5 Å². The molecule has 16 heteroatoms. The molecule has 2 heterocycles. The Balaban J connectivity index is 1.66. The van der Waals surface area contributed by atoms with Crippen molar-refractivity contribution < 1.29 is 49.1 Å². The van der Waals surface area contributed by atoms with Crippen LogP contribution in [0.5, 0.6) is 5.75 Å². The van der Waals surface area contributed by atoms with Crippen LogP contribution in [0.15, 0.2) is 18.2 Å². The highest BCUT2D eigenvalue weighted by Gasteiger charge is 2.47. The molecule has 9 nitrogen and oxygen atoms in total. The number of sulfone groups is 1. The number of rotatable bonds is 7. The van der Waals surface area contributed by atoms with Gasteiger partial charge in [-0.1, -0.05) is 6.07 Å². The van der Waals surface area contributed by atoms with Gasteiger partial charge in [0.15, 0.2) is 16.4 Å². The molecular weight excluding hydrogens is 546 g/mol. The first kappa shape index (κ1) is 27.7. The third-order valence-electron chi connectivity index (χ3n) is 6.15. The van der Waals surface area contributed by atoms with Crippen molar-refractivity contribution in [1.82, 2.24) is 15.1 Å². The highest BCUT2D eigenvalue weighted by Crippen LogP contribution is 2.44. The number of amides is 2. The molecule has 0 bridgehead atoms. The molecule has 0 unspecified atom stereocenters. The van der Waals surface area contributed by atoms with Crippen LogP contribution in [0.2, 0.25) is 0 Å². The highest BCUT2D eigenvalue weighted by atomic mass is 32.2. The molecule has 0 saturated carbocycles. The van der Waals surface area contributed by atoms with Crippen molar-refractivity contribution in [3.8, 4) is 5.75 Å². The number of aryl methyl sites for hydroxylation is 2. The number of carbonyl (C=O) groups excluding carboxylic acids is 2. The summed E-state index contributed by atoms with van der Waals surface area (Å²) in [5.41, 5.74) is 0.114. The monoisotopic (exact) mass is 568 g/mol. The largest absolute Gasteiger partial charge is 0.484 e. The molecule has 2 aromatic rings. The van der Waals surface area contributed by atoms with E-state index in [0.29, 0.717) is 24.0 Å². The van der Waals surface area contributed by atoms with E-state index in [0.717, 1.165) is 10.9 Å². The Kier molecular flexibility index (Phi) is 6.91. The molecule has 2 amide bonds. The highest BCUT2D eigenvalue weighted by molar-refractivity contribution is 7.91. The summed E-state index contributed by atoms with van der Waals surface area (Å²) in [5.74, 6) is -3.10. The molecule has 1 aliphatic heterocycles. The van der Waals surface area contributed by atoms with E-state index < -0.39 is 64.9 Å². The van der Waals surface area contributed by atoms with E-state index in [9.17, 15) is 44.3 Å². The van der Waals surface area contributed by atoms with E-state index >= 15 is 0 Å². The summed E-state index contributed by atoms with van der Waals surface area (Å²) in [6.07, 6.45) is -8.87. The third-order valence-corrected chi connectivity index (χ3v) is 6.93. The fraction of sp³-hybridized carbons (Fsp3) is 0.500. The van der Waals surface area contributed by atoms with Gasteiger partial charge in [0.25, 0.3) is 5.91 Å². The van der Waals surface area contributed by atoms with E-state index in [-0.39, 0.29) is 29.2 Å². The van der Waals surface area contributed by atoms with Crippen LogP contribution in [0.3, 0.4) is 0 Å². The van der Waals surface area contributed by atoms with E-state index in [1.54, 1.807) is 0 Å². The Bertz CT molecular complexity index is 1390. The summed E-state index contributed by atoms with van der Waals surface area (Å²) in [5, 5.41) is 9.20. The number of nitrogens with zero attached hydrogens (tertiary/aromatic N) is 2. The van der Waals surface area contributed by atoms with Crippen molar-refractivity contribution in [3.05, 3.63) is 40.6 Å². The van der Waals surface area contributed by atoms with Crippen LogP contribution < -0.4 is 15.4 Å². The van der Waals surface area contributed by atoms with Crippen molar-refractivity contribution in [2.45, 2.75) is 50.1 Å². The number of ether oxygens (including phenoxy) is 1. The first-order valence-electron chi connectivity index (χ1n) is 11.2. The van der Waals surface area contributed by atoms with Crippen LogP contribution in [0, 0.1) is 0 Å². The second kappa shape index (κ2) is 9.47. The van der Waals surface area contributed by atoms with Gasteiger partial charge in [-0.3, -0.25) is 9.59 Å². The molecule has 208 valence electrons. The fourth-order valence-corrected chi connectivity index (χ4v) is 5.25. The molecule has 0 saturated heterocycles. The second-order valence-corrected chi connectivity index (χ2v) is 11.5. The Hall–Kier alpha value is -3.30. The normalized spacial score (nSPS) is 19.2. The van der Waals surface area contributed by atoms with Crippen LogP contribution in [-0.2, 0) is 39.6 Å². The van der Waals surface area contributed by atoms with Gasteiger partial charge in [0, 0.05) is 12.7 Å². The van der Waals surface area contributed by atoms with Gasteiger partial charge in [-0.25, -0.2) is 13.1 Å². The number of alkyl halides is 6.